The first kappa shape index (κ1) is 16.8. The first-order valence-corrected chi connectivity index (χ1v) is 8.72. The molecule has 1 saturated carbocycles. The van der Waals surface area contributed by atoms with Crippen LogP contribution < -0.4 is 0 Å². The maximum atomic E-state index is 9.53. The van der Waals surface area contributed by atoms with Crippen LogP contribution in [0.5, 0.6) is 0 Å². The van der Waals surface area contributed by atoms with Gasteiger partial charge in [-0.3, -0.25) is 4.84 Å². The van der Waals surface area contributed by atoms with Crippen molar-refractivity contribution in [3.05, 3.63) is 0 Å². The molecule has 2 aliphatic rings. The van der Waals surface area contributed by atoms with Crippen LogP contribution in [0.3, 0.4) is 0 Å². The van der Waals surface area contributed by atoms with Crippen LogP contribution in [-0.4, -0.2) is 22.2 Å². The smallest absolute Gasteiger partial charge is 0.165 e. The van der Waals surface area contributed by atoms with Crippen LogP contribution in [0.1, 0.15) is 85.5 Å². The number of hydrogen-bond acceptors (Lipinski definition) is 3. The van der Waals surface area contributed by atoms with Gasteiger partial charge in [-0.15, -0.1) is 0 Å². The fraction of sp³-hybridized carbons (Fsp3) is 0.944. The molecule has 1 saturated heterocycles. The highest BCUT2D eigenvalue weighted by Crippen LogP contribution is 2.39. The van der Waals surface area contributed by atoms with Crippen LogP contribution in [0, 0.1) is 17.2 Å². The average Bonchev–Trinajstić information content (AvgIpc) is 2.42. The van der Waals surface area contributed by atoms with Crippen LogP contribution >= 0.6 is 0 Å². The Morgan fingerprint density at radius 3 is 2.14 bits per heavy atom. The predicted molar refractivity (Wildman–Crippen MR) is 85.5 cm³/mol. The van der Waals surface area contributed by atoms with Gasteiger partial charge in [0.25, 0.3) is 0 Å². The lowest BCUT2D eigenvalue weighted by atomic mass is 9.82. The summed E-state index contributed by atoms with van der Waals surface area (Å²) in [6.45, 7) is 8.96. The van der Waals surface area contributed by atoms with E-state index in [2.05, 4.69) is 38.8 Å². The highest BCUT2D eigenvalue weighted by molar-refractivity contribution is 4.95. The molecule has 0 aromatic rings. The number of nitriles is 1. The van der Waals surface area contributed by atoms with Gasteiger partial charge in [0.05, 0.1) is 6.07 Å². The van der Waals surface area contributed by atoms with Crippen molar-refractivity contribution >= 4 is 0 Å². The second-order valence-corrected chi connectivity index (χ2v) is 8.24. The van der Waals surface area contributed by atoms with E-state index in [4.69, 9.17) is 4.84 Å². The highest BCUT2D eigenvalue weighted by Gasteiger charge is 2.43. The Bertz CT molecular complexity index is 361. The van der Waals surface area contributed by atoms with Crippen molar-refractivity contribution in [1.29, 1.82) is 5.26 Å². The molecule has 0 aromatic heterocycles. The molecule has 0 N–H and O–H groups in total. The molecule has 1 aliphatic heterocycles. The van der Waals surface area contributed by atoms with E-state index >= 15 is 0 Å². The molecular formula is C18H32N2O. The van der Waals surface area contributed by atoms with Crippen molar-refractivity contribution in [3.63, 3.8) is 0 Å². The fourth-order valence-electron chi connectivity index (χ4n) is 4.23. The summed E-state index contributed by atoms with van der Waals surface area (Å²) < 4.78 is 0. The Kier molecular flexibility index (Phi) is 5.33. The Balaban J connectivity index is 2.00. The van der Waals surface area contributed by atoms with Gasteiger partial charge in [-0.25, -0.2) is 0 Å². The van der Waals surface area contributed by atoms with E-state index in [1.165, 1.54) is 38.5 Å². The van der Waals surface area contributed by atoms with Crippen molar-refractivity contribution in [2.24, 2.45) is 5.92 Å². The normalized spacial score (nSPS) is 28.0. The topological polar surface area (TPSA) is 36.3 Å². The molecule has 0 aromatic carbocycles. The third-order valence-corrected chi connectivity index (χ3v) is 5.33. The molecule has 0 radical (unpaired) electrons. The first-order chi connectivity index (χ1) is 9.85. The van der Waals surface area contributed by atoms with E-state index in [0.29, 0.717) is 5.92 Å². The van der Waals surface area contributed by atoms with Crippen molar-refractivity contribution < 1.29 is 4.84 Å². The molecule has 3 nitrogen and oxygen atoms in total. The molecule has 21 heavy (non-hydrogen) atoms. The largest absolute Gasteiger partial charge is 0.279 e. The van der Waals surface area contributed by atoms with E-state index < -0.39 is 0 Å². The average molecular weight is 292 g/mol. The summed E-state index contributed by atoms with van der Waals surface area (Å²) >= 11 is 0. The van der Waals surface area contributed by atoms with E-state index in [1.54, 1.807) is 0 Å². The molecule has 120 valence electrons. The second kappa shape index (κ2) is 6.67. The summed E-state index contributed by atoms with van der Waals surface area (Å²) in [5.74, 6) is 0.680. The summed E-state index contributed by atoms with van der Waals surface area (Å²) in [7, 11) is 0. The van der Waals surface area contributed by atoms with Gasteiger partial charge in [0.15, 0.2) is 6.10 Å². The van der Waals surface area contributed by atoms with Gasteiger partial charge in [0.1, 0.15) is 0 Å². The summed E-state index contributed by atoms with van der Waals surface area (Å²) in [6, 6.07) is 2.41. The Morgan fingerprint density at radius 2 is 1.62 bits per heavy atom. The Labute approximate surface area is 130 Å². The standard InChI is InChI=1S/C18H32N2O/c1-17(2)11-8-12-18(3,4)20(17)21-16(14-19)13-15-9-6-5-7-10-15/h15-16H,5-13H2,1-4H3. The van der Waals surface area contributed by atoms with Gasteiger partial charge in [-0.2, -0.15) is 10.3 Å². The zero-order valence-electron chi connectivity index (χ0n) is 14.3. The summed E-state index contributed by atoms with van der Waals surface area (Å²) in [6.07, 6.45) is 10.7. The van der Waals surface area contributed by atoms with Gasteiger partial charge >= 0.3 is 0 Å². The van der Waals surface area contributed by atoms with Crippen molar-refractivity contribution in [2.75, 3.05) is 0 Å². The van der Waals surface area contributed by atoms with E-state index in [-0.39, 0.29) is 17.2 Å². The van der Waals surface area contributed by atoms with Crippen LogP contribution in [0.15, 0.2) is 0 Å². The second-order valence-electron chi connectivity index (χ2n) is 8.24. The monoisotopic (exact) mass is 292 g/mol. The zero-order valence-corrected chi connectivity index (χ0v) is 14.3. The highest BCUT2D eigenvalue weighted by atomic mass is 16.7. The number of hydroxylamine groups is 2. The first-order valence-electron chi connectivity index (χ1n) is 8.72. The molecule has 1 heterocycles. The van der Waals surface area contributed by atoms with Gasteiger partial charge in [0.2, 0.25) is 0 Å². The van der Waals surface area contributed by atoms with Crippen molar-refractivity contribution in [2.45, 2.75) is 103 Å². The third-order valence-electron chi connectivity index (χ3n) is 5.33. The minimum absolute atomic E-state index is 0.0173. The number of rotatable bonds is 4. The number of piperidine rings is 1. The molecule has 2 rings (SSSR count). The molecular weight excluding hydrogens is 260 g/mol. The molecule has 0 bridgehead atoms. The zero-order chi connectivity index (χ0) is 15.5. The third kappa shape index (κ3) is 4.20. The maximum Gasteiger partial charge on any atom is 0.165 e. The molecule has 0 spiro atoms. The van der Waals surface area contributed by atoms with E-state index in [0.717, 1.165) is 19.3 Å². The van der Waals surface area contributed by atoms with Crippen LogP contribution in [0.4, 0.5) is 0 Å². The lowest BCUT2D eigenvalue weighted by Gasteiger charge is -2.52. The maximum absolute atomic E-state index is 9.53. The van der Waals surface area contributed by atoms with E-state index in [9.17, 15) is 5.26 Å². The van der Waals surface area contributed by atoms with E-state index in [1.807, 2.05) is 0 Å². The lowest BCUT2D eigenvalue weighted by Crippen LogP contribution is -2.59. The molecule has 0 amide bonds. The van der Waals surface area contributed by atoms with Crippen LogP contribution in [0.25, 0.3) is 0 Å². The summed E-state index contributed by atoms with van der Waals surface area (Å²) in [5, 5.41) is 11.7. The fourth-order valence-corrected chi connectivity index (χ4v) is 4.23. The SMILES string of the molecule is CC1(C)CCCC(C)(C)N1OC(C#N)CC1CCCCC1. The Hall–Kier alpha value is -0.590. The number of nitrogens with zero attached hydrogens (tertiary/aromatic N) is 2. The minimum Gasteiger partial charge on any atom is -0.279 e. The van der Waals surface area contributed by atoms with Crippen molar-refractivity contribution in [3.8, 4) is 6.07 Å². The molecule has 2 fully saturated rings. The molecule has 1 aliphatic carbocycles. The van der Waals surface area contributed by atoms with Gasteiger partial charge in [0, 0.05) is 11.1 Å². The molecule has 3 heteroatoms. The summed E-state index contributed by atoms with van der Waals surface area (Å²) in [4.78, 5) is 6.25. The Morgan fingerprint density at radius 1 is 1.05 bits per heavy atom. The van der Waals surface area contributed by atoms with Gasteiger partial charge in [-0.1, -0.05) is 32.1 Å². The minimum atomic E-state index is -0.287. The number of hydrogen-bond donors (Lipinski definition) is 0. The van der Waals surface area contributed by atoms with Gasteiger partial charge < -0.3 is 0 Å². The summed E-state index contributed by atoms with van der Waals surface area (Å²) in [5.41, 5.74) is 0.0346. The van der Waals surface area contributed by atoms with Crippen LogP contribution in [0.2, 0.25) is 0 Å². The lowest BCUT2D eigenvalue weighted by molar-refractivity contribution is -0.297. The van der Waals surface area contributed by atoms with Gasteiger partial charge in [-0.05, 0) is 59.3 Å². The molecule has 1 unspecified atom stereocenters. The predicted octanol–water partition coefficient (Wildman–Crippen LogP) is 4.82. The quantitative estimate of drug-likeness (QED) is 0.745. The molecule has 1 atom stereocenters. The van der Waals surface area contributed by atoms with Crippen LogP contribution in [-0.2, 0) is 4.84 Å². The van der Waals surface area contributed by atoms with Crippen molar-refractivity contribution in [1.82, 2.24) is 5.06 Å².